The molecule has 0 bridgehead atoms. The standard InChI is InChI=1S/C48H32N2/c1-4-13-33(14-5-1)34-23-27-39(28-24-34)49-44-21-11-10-19-41(44)42-31-36(25-29-45(42)49)37-26-30-46-43(32-37)48-40(35-15-6-2-7-16-35)20-12-22-47(48)50(46)38-17-8-3-9-18-38/h1-32H/i2D,6D,7D,15D,16D. The first kappa shape index (κ1) is 23.6. The smallest absolute Gasteiger partial charge is 0.0629 e. The van der Waals surface area contributed by atoms with Crippen LogP contribution in [0.15, 0.2) is 194 Å². The molecule has 8 aromatic carbocycles. The first-order valence-electron chi connectivity index (χ1n) is 19.3. The lowest BCUT2D eigenvalue weighted by Crippen LogP contribution is -1.94. The summed E-state index contributed by atoms with van der Waals surface area (Å²) in [7, 11) is 0. The molecule has 0 saturated carbocycles. The van der Waals surface area contributed by atoms with E-state index in [-0.39, 0.29) is 29.7 Å². The van der Waals surface area contributed by atoms with Crippen molar-refractivity contribution in [1.82, 2.24) is 9.13 Å². The van der Waals surface area contributed by atoms with Crippen LogP contribution in [0.4, 0.5) is 0 Å². The molecule has 50 heavy (non-hydrogen) atoms. The molecule has 0 fully saturated rings. The van der Waals surface area contributed by atoms with E-state index < -0.39 is 6.04 Å². The maximum Gasteiger partial charge on any atom is 0.0629 e. The van der Waals surface area contributed by atoms with Gasteiger partial charge in [-0.1, -0.05) is 133 Å². The molecular weight excluding hydrogens is 605 g/mol. The third-order valence-corrected chi connectivity index (χ3v) is 9.81. The average Bonchev–Trinajstić information content (AvgIpc) is 3.75. The number of hydrogen-bond acceptors (Lipinski definition) is 0. The Morgan fingerprint density at radius 1 is 0.340 bits per heavy atom. The van der Waals surface area contributed by atoms with E-state index in [4.69, 9.17) is 6.85 Å². The zero-order valence-electron chi connectivity index (χ0n) is 32.0. The van der Waals surface area contributed by atoms with E-state index >= 15 is 0 Å². The molecule has 0 aliphatic carbocycles. The van der Waals surface area contributed by atoms with E-state index in [2.05, 4.69) is 130 Å². The summed E-state index contributed by atoms with van der Waals surface area (Å²) in [5.74, 6) is 0. The number of nitrogens with zero attached hydrogens (tertiary/aromatic N) is 2. The minimum absolute atomic E-state index is 0.195. The highest BCUT2D eigenvalue weighted by Crippen LogP contribution is 2.41. The van der Waals surface area contributed by atoms with Gasteiger partial charge in [-0.15, -0.1) is 0 Å². The molecule has 0 radical (unpaired) electrons. The van der Waals surface area contributed by atoms with E-state index in [1.54, 1.807) is 0 Å². The predicted molar refractivity (Wildman–Crippen MR) is 211 cm³/mol. The molecule has 10 aromatic rings. The Balaban J connectivity index is 1.19. The first-order valence-corrected chi connectivity index (χ1v) is 16.8. The Kier molecular flexibility index (Phi) is 5.44. The number of aromatic nitrogens is 2. The summed E-state index contributed by atoms with van der Waals surface area (Å²) in [4.78, 5) is 0. The Morgan fingerprint density at radius 2 is 0.880 bits per heavy atom. The molecule has 2 heterocycles. The van der Waals surface area contributed by atoms with Crippen molar-refractivity contribution < 1.29 is 6.85 Å². The number of para-hydroxylation sites is 2. The fourth-order valence-electron chi connectivity index (χ4n) is 7.56. The zero-order chi connectivity index (χ0) is 37.4. The third-order valence-electron chi connectivity index (χ3n) is 9.81. The molecule has 0 unspecified atom stereocenters. The van der Waals surface area contributed by atoms with Crippen molar-refractivity contribution in [3.05, 3.63) is 194 Å². The van der Waals surface area contributed by atoms with Gasteiger partial charge in [0.15, 0.2) is 0 Å². The van der Waals surface area contributed by atoms with Crippen LogP contribution in [-0.4, -0.2) is 9.13 Å². The second-order valence-corrected chi connectivity index (χ2v) is 12.6. The maximum atomic E-state index is 8.88. The van der Waals surface area contributed by atoms with Crippen LogP contribution in [0.1, 0.15) is 6.85 Å². The van der Waals surface area contributed by atoms with Gasteiger partial charge in [0.05, 0.1) is 28.9 Å². The summed E-state index contributed by atoms with van der Waals surface area (Å²) in [5.41, 5.74) is 11.4. The number of rotatable bonds is 5. The van der Waals surface area contributed by atoms with Gasteiger partial charge in [-0.05, 0) is 94.0 Å². The van der Waals surface area contributed by atoms with Crippen LogP contribution in [0.3, 0.4) is 0 Å². The van der Waals surface area contributed by atoms with Crippen molar-refractivity contribution in [2.24, 2.45) is 0 Å². The van der Waals surface area contributed by atoms with Crippen LogP contribution in [0, 0.1) is 0 Å². The molecule has 2 heteroatoms. The lowest BCUT2D eigenvalue weighted by molar-refractivity contribution is 1.18. The molecule has 0 N–H and O–H groups in total. The SMILES string of the molecule is [2H]c1c([2H])c([2H])c(-c2cccc3c2c2cc(-c4ccc5c(c4)c4ccccc4n5-c4ccc(-c5ccccc5)cc4)ccc2n3-c2ccccc2)c([2H])c1[2H]. The summed E-state index contributed by atoms with van der Waals surface area (Å²) >= 11 is 0. The normalized spacial score (nSPS) is 13.0. The maximum absolute atomic E-state index is 8.88. The molecule has 0 aliphatic rings. The molecule has 0 amide bonds. The highest BCUT2D eigenvalue weighted by atomic mass is 15.0. The lowest BCUT2D eigenvalue weighted by Gasteiger charge is -2.10. The van der Waals surface area contributed by atoms with Gasteiger partial charge in [0.1, 0.15) is 0 Å². The van der Waals surface area contributed by atoms with Gasteiger partial charge < -0.3 is 9.13 Å². The summed E-state index contributed by atoms with van der Waals surface area (Å²) < 4.78 is 47.4. The van der Waals surface area contributed by atoms with Gasteiger partial charge >= 0.3 is 0 Å². The Bertz CT molecular complexity index is 3100. The van der Waals surface area contributed by atoms with Crippen LogP contribution in [-0.2, 0) is 0 Å². The molecule has 0 aliphatic heterocycles. The van der Waals surface area contributed by atoms with Crippen molar-refractivity contribution in [1.29, 1.82) is 0 Å². The van der Waals surface area contributed by atoms with E-state index in [0.29, 0.717) is 5.56 Å². The number of fused-ring (bicyclic) bond motifs is 6. The van der Waals surface area contributed by atoms with Gasteiger partial charge in [0, 0.05) is 32.9 Å². The largest absolute Gasteiger partial charge is 0.309 e. The number of benzene rings is 8. The number of hydrogen-bond donors (Lipinski definition) is 0. The molecule has 2 aromatic heterocycles. The molecule has 10 rings (SSSR count). The second-order valence-electron chi connectivity index (χ2n) is 12.6. The third kappa shape index (κ3) is 4.50. The van der Waals surface area contributed by atoms with Crippen molar-refractivity contribution in [3.63, 3.8) is 0 Å². The highest BCUT2D eigenvalue weighted by Gasteiger charge is 2.18. The fourth-order valence-corrected chi connectivity index (χ4v) is 7.56. The second kappa shape index (κ2) is 11.5. The van der Waals surface area contributed by atoms with Gasteiger partial charge in [-0.3, -0.25) is 0 Å². The topological polar surface area (TPSA) is 9.86 Å². The fraction of sp³-hybridized carbons (Fsp3) is 0. The Labute approximate surface area is 297 Å². The van der Waals surface area contributed by atoms with Crippen molar-refractivity contribution in [3.8, 4) is 44.8 Å². The van der Waals surface area contributed by atoms with Crippen molar-refractivity contribution in [2.75, 3.05) is 0 Å². The van der Waals surface area contributed by atoms with Crippen LogP contribution < -0.4 is 0 Å². The molecule has 2 nitrogen and oxygen atoms in total. The minimum Gasteiger partial charge on any atom is -0.309 e. The quantitative estimate of drug-likeness (QED) is 0.177. The lowest BCUT2D eigenvalue weighted by atomic mass is 9.97. The Hall–Kier alpha value is -6.64. The molecule has 0 spiro atoms. The van der Waals surface area contributed by atoms with E-state index in [9.17, 15) is 0 Å². The van der Waals surface area contributed by atoms with Gasteiger partial charge in [-0.2, -0.15) is 0 Å². The van der Waals surface area contributed by atoms with Gasteiger partial charge in [0.2, 0.25) is 0 Å². The highest BCUT2D eigenvalue weighted by molar-refractivity contribution is 6.17. The summed E-state index contributed by atoms with van der Waals surface area (Å²) in [6, 6.07) is 55.1. The van der Waals surface area contributed by atoms with Crippen molar-refractivity contribution in [2.45, 2.75) is 0 Å². The first-order chi connectivity index (χ1) is 26.9. The van der Waals surface area contributed by atoms with E-state index in [1.165, 1.54) is 11.1 Å². The predicted octanol–water partition coefficient (Wildman–Crippen LogP) is 12.9. The van der Waals surface area contributed by atoms with Crippen LogP contribution in [0.2, 0.25) is 0 Å². The summed E-state index contributed by atoms with van der Waals surface area (Å²) in [6.45, 7) is 0. The van der Waals surface area contributed by atoms with E-state index in [0.717, 1.165) is 66.1 Å². The molecule has 0 saturated heterocycles. The molecular formula is C48H32N2. The van der Waals surface area contributed by atoms with Crippen LogP contribution >= 0.6 is 0 Å². The van der Waals surface area contributed by atoms with Gasteiger partial charge in [0.25, 0.3) is 0 Å². The average molecular weight is 642 g/mol. The van der Waals surface area contributed by atoms with E-state index in [1.807, 2.05) is 42.5 Å². The summed E-state index contributed by atoms with van der Waals surface area (Å²) in [6.07, 6.45) is 0. The van der Waals surface area contributed by atoms with Crippen LogP contribution in [0.5, 0.6) is 0 Å². The minimum atomic E-state index is -0.402. The molecule has 0 atom stereocenters. The Morgan fingerprint density at radius 3 is 1.64 bits per heavy atom. The van der Waals surface area contributed by atoms with Gasteiger partial charge in [-0.25, -0.2) is 0 Å². The summed E-state index contributed by atoms with van der Waals surface area (Å²) in [5, 5.41) is 4.07. The molecule has 234 valence electrons. The van der Waals surface area contributed by atoms with Crippen molar-refractivity contribution >= 4 is 43.6 Å². The van der Waals surface area contributed by atoms with Crippen LogP contribution in [0.25, 0.3) is 88.4 Å². The monoisotopic (exact) mass is 641 g/mol. The zero-order valence-corrected chi connectivity index (χ0v) is 27.0.